The van der Waals surface area contributed by atoms with E-state index in [0.717, 1.165) is 10.2 Å². The van der Waals surface area contributed by atoms with E-state index in [1.54, 1.807) is 11.1 Å². The Kier molecular flexibility index (Phi) is 7.29. The molecular weight excluding hydrogens is 346 g/mol. The van der Waals surface area contributed by atoms with Crippen LogP contribution >= 0.6 is 15.9 Å². The van der Waals surface area contributed by atoms with E-state index in [9.17, 15) is 4.79 Å². The summed E-state index contributed by atoms with van der Waals surface area (Å²) in [5.74, 6) is 0. The van der Waals surface area contributed by atoms with Gasteiger partial charge in [-0.05, 0) is 62.7 Å². The molecule has 6 heteroatoms. The van der Waals surface area contributed by atoms with Crippen LogP contribution in [0.5, 0.6) is 0 Å². The lowest BCUT2D eigenvalue weighted by Gasteiger charge is -2.30. The molecule has 1 rings (SSSR count). The van der Waals surface area contributed by atoms with Crippen LogP contribution < -0.4 is 5.32 Å². The summed E-state index contributed by atoms with van der Waals surface area (Å²) in [6.07, 6.45) is 1.50. The largest absolute Gasteiger partial charge is 0.444 e. The molecule has 0 aromatic carbocycles. The Balaban J connectivity index is 2.41. The number of halogens is 1. The number of nitrogens with zero attached hydrogens (tertiary/aromatic N) is 2. The molecule has 1 N–H and O–H groups in total. The lowest BCUT2D eigenvalue weighted by Crippen LogP contribution is -2.44. The first-order valence-electron chi connectivity index (χ1n) is 7.50. The van der Waals surface area contributed by atoms with Gasteiger partial charge < -0.3 is 15.0 Å². The van der Waals surface area contributed by atoms with E-state index in [0.29, 0.717) is 19.6 Å². The van der Waals surface area contributed by atoms with Crippen LogP contribution in [-0.4, -0.2) is 40.7 Å². The molecule has 0 radical (unpaired) electrons. The Morgan fingerprint density at radius 2 is 2.09 bits per heavy atom. The maximum Gasteiger partial charge on any atom is 0.410 e. The first-order chi connectivity index (χ1) is 10.2. The Morgan fingerprint density at radius 3 is 2.59 bits per heavy atom. The van der Waals surface area contributed by atoms with Crippen molar-refractivity contribution in [2.45, 2.75) is 52.8 Å². The van der Waals surface area contributed by atoms with Crippen molar-refractivity contribution in [2.24, 2.45) is 0 Å². The minimum absolute atomic E-state index is 0.0995. The molecule has 0 saturated carbocycles. The summed E-state index contributed by atoms with van der Waals surface area (Å²) in [5.41, 5.74) is 0.496. The van der Waals surface area contributed by atoms with Crippen molar-refractivity contribution in [3.8, 4) is 0 Å². The fraction of sp³-hybridized carbons (Fsp3) is 0.625. The number of hydrogen-bond acceptors (Lipinski definition) is 4. The second kappa shape index (κ2) is 8.48. The van der Waals surface area contributed by atoms with Crippen LogP contribution in [-0.2, 0) is 11.3 Å². The number of carbonyl (C=O) groups is 1. The molecule has 1 amide bonds. The molecular formula is C16H26BrN3O2. The highest BCUT2D eigenvalue weighted by atomic mass is 79.9. The van der Waals surface area contributed by atoms with Crippen LogP contribution in [0.3, 0.4) is 0 Å². The summed E-state index contributed by atoms with van der Waals surface area (Å²) in [5, 5.41) is 3.30. The molecule has 1 aromatic rings. The molecule has 124 valence electrons. The highest BCUT2D eigenvalue weighted by Crippen LogP contribution is 2.11. The summed E-state index contributed by atoms with van der Waals surface area (Å²) >= 11 is 3.36. The van der Waals surface area contributed by atoms with Gasteiger partial charge in [-0.15, -0.1) is 0 Å². The van der Waals surface area contributed by atoms with Gasteiger partial charge in [0.15, 0.2) is 0 Å². The molecule has 0 spiro atoms. The summed E-state index contributed by atoms with van der Waals surface area (Å²) in [4.78, 5) is 18.2. The standard InChI is InChI=1S/C16H26BrN3O2/c1-12(2)20(15(21)22-16(3,4)5)9-8-18-11-14-7-6-13(17)10-19-14/h6-7,10,12,18H,8-9,11H2,1-5H3. The molecule has 0 aliphatic carbocycles. The molecule has 0 unspecified atom stereocenters. The molecule has 0 atom stereocenters. The highest BCUT2D eigenvalue weighted by Gasteiger charge is 2.23. The first kappa shape index (κ1) is 18.9. The highest BCUT2D eigenvalue weighted by molar-refractivity contribution is 9.10. The number of hydrogen-bond donors (Lipinski definition) is 1. The number of aromatic nitrogens is 1. The van der Waals surface area contributed by atoms with E-state index < -0.39 is 5.60 Å². The van der Waals surface area contributed by atoms with Crippen LogP contribution in [0.1, 0.15) is 40.3 Å². The van der Waals surface area contributed by atoms with Gasteiger partial charge in [-0.3, -0.25) is 4.98 Å². The quantitative estimate of drug-likeness (QED) is 0.776. The molecule has 22 heavy (non-hydrogen) atoms. The predicted octanol–water partition coefficient (Wildman–Crippen LogP) is 3.58. The van der Waals surface area contributed by atoms with Crippen molar-refractivity contribution in [3.63, 3.8) is 0 Å². The Morgan fingerprint density at radius 1 is 1.41 bits per heavy atom. The number of amides is 1. The molecule has 1 aromatic heterocycles. The van der Waals surface area contributed by atoms with E-state index in [4.69, 9.17) is 4.74 Å². The minimum Gasteiger partial charge on any atom is -0.444 e. The molecule has 0 aliphatic heterocycles. The van der Waals surface area contributed by atoms with Crippen LogP contribution in [0.15, 0.2) is 22.8 Å². The smallest absolute Gasteiger partial charge is 0.410 e. The Hall–Kier alpha value is -1.14. The average molecular weight is 372 g/mol. The molecule has 0 aliphatic rings. The number of rotatable bonds is 6. The summed E-state index contributed by atoms with van der Waals surface area (Å²) < 4.78 is 6.40. The summed E-state index contributed by atoms with van der Waals surface area (Å²) in [6.45, 7) is 11.6. The third-order valence-corrected chi connectivity index (χ3v) is 3.34. The normalized spacial score (nSPS) is 11.6. The van der Waals surface area contributed by atoms with Crippen molar-refractivity contribution in [3.05, 3.63) is 28.5 Å². The van der Waals surface area contributed by atoms with Crippen LogP contribution in [0.25, 0.3) is 0 Å². The summed E-state index contributed by atoms with van der Waals surface area (Å²) in [7, 11) is 0. The lowest BCUT2D eigenvalue weighted by molar-refractivity contribution is 0.0193. The molecule has 5 nitrogen and oxygen atoms in total. The van der Waals surface area contributed by atoms with E-state index in [1.807, 2.05) is 46.8 Å². The topological polar surface area (TPSA) is 54.5 Å². The molecule has 0 bridgehead atoms. The van der Waals surface area contributed by atoms with Crippen molar-refractivity contribution in [2.75, 3.05) is 13.1 Å². The fourth-order valence-corrected chi connectivity index (χ4v) is 2.04. The molecule has 1 heterocycles. The van der Waals surface area contributed by atoms with Gasteiger partial charge in [0.1, 0.15) is 5.60 Å². The van der Waals surface area contributed by atoms with Crippen molar-refractivity contribution in [1.82, 2.24) is 15.2 Å². The van der Waals surface area contributed by atoms with Gasteiger partial charge in [0.25, 0.3) is 0 Å². The average Bonchev–Trinajstić information content (AvgIpc) is 2.38. The SMILES string of the molecule is CC(C)N(CCNCc1ccc(Br)cn1)C(=O)OC(C)(C)C. The van der Waals surface area contributed by atoms with Crippen molar-refractivity contribution < 1.29 is 9.53 Å². The van der Waals surface area contributed by atoms with Gasteiger partial charge in [0.05, 0.1) is 5.69 Å². The minimum atomic E-state index is -0.473. The lowest BCUT2D eigenvalue weighted by atomic mass is 10.2. The Labute approximate surface area is 141 Å². The zero-order valence-corrected chi connectivity index (χ0v) is 15.6. The van der Waals surface area contributed by atoms with Gasteiger partial charge in [0, 0.05) is 36.3 Å². The number of nitrogens with one attached hydrogen (secondary N) is 1. The molecule has 0 saturated heterocycles. The third-order valence-electron chi connectivity index (χ3n) is 2.88. The van der Waals surface area contributed by atoms with E-state index in [2.05, 4.69) is 26.2 Å². The van der Waals surface area contributed by atoms with E-state index >= 15 is 0 Å². The van der Waals surface area contributed by atoms with Gasteiger partial charge in [-0.2, -0.15) is 0 Å². The number of carbonyl (C=O) groups excluding carboxylic acids is 1. The monoisotopic (exact) mass is 371 g/mol. The van der Waals surface area contributed by atoms with Gasteiger partial charge in [-0.25, -0.2) is 4.79 Å². The van der Waals surface area contributed by atoms with Gasteiger partial charge >= 0.3 is 6.09 Å². The van der Waals surface area contributed by atoms with Crippen LogP contribution in [0, 0.1) is 0 Å². The second-order valence-corrected chi connectivity index (χ2v) is 7.33. The van der Waals surface area contributed by atoms with E-state index in [-0.39, 0.29) is 12.1 Å². The number of pyridine rings is 1. The maximum atomic E-state index is 12.2. The zero-order valence-electron chi connectivity index (χ0n) is 14.0. The Bertz CT molecular complexity index is 469. The number of ether oxygens (including phenoxy) is 1. The van der Waals surface area contributed by atoms with E-state index in [1.165, 1.54) is 0 Å². The maximum absolute atomic E-state index is 12.2. The third kappa shape index (κ3) is 7.22. The predicted molar refractivity (Wildman–Crippen MR) is 91.7 cm³/mol. The summed E-state index contributed by atoms with van der Waals surface area (Å²) in [6, 6.07) is 4.03. The first-order valence-corrected chi connectivity index (χ1v) is 8.29. The molecule has 0 fully saturated rings. The van der Waals surface area contributed by atoms with Gasteiger partial charge in [0.2, 0.25) is 0 Å². The fourth-order valence-electron chi connectivity index (χ4n) is 1.81. The van der Waals surface area contributed by atoms with Crippen molar-refractivity contribution in [1.29, 1.82) is 0 Å². The second-order valence-electron chi connectivity index (χ2n) is 6.41. The van der Waals surface area contributed by atoms with Crippen LogP contribution in [0.4, 0.5) is 4.79 Å². The zero-order chi connectivity index (χ0) is 16.8. The van der Waals surface area contributed by atoms with Crippen LogP contribution in [0.2, 0.25) is 0 Å². The van der Waals surface area contributed by atoms with Crippen molar-refractivity contribution >= 4 is 22.0 Å². The van der Waals surface area contributed by atoms with Gasteiger partial charge in [-0.1, -0.05) is 0 Å².